The summed E-state index contributed by atoms with van der Waals surface area (Å²) in [5, 5.41) is 15.1. The van der Waals surface area contributed by atoms with Gasteiger partial charge in [0.1, 0.15) is 5.76 Å². The van der Waals surface area contributed by atoms with E-state index in [1.807, 2.05) is 20.2 Å². The van der Waals surface area contributed by atoms with Crippen LogP contribution in [0.2, 0.25) is 0 Å². The molecule has 1 aromatic heterocycles. The van der Waals surface area contributed by atoms with Crippen LogP contribution >= 0.6 is 11.8 Å². The number of carbonyl (C=O) groups excluding carboxylic acids is 2. The van der Waals surface area contributed by atoms with E-state index in [9.17, 15) is 14.7 Å². The lowest BCUT2D eigenvalue weighted by atomic mass is 9.79. The SMILES string of the molecule is CCC(O)=C1C(=O)CC(c2c(C)nn(C)c2SC)CC1=O. The van der Waals surface area contributed by atoms with Crippen LogP contribution in [0.5, 0.6) is 0 Å². The van der Waals surface area contributed by atoms with E-state index in [1.165, 1.54) is 0 Å². The Kier molecular flexibility index (Phi) is 4.56. The van der Waals surface area contributed by atoms with E-state index in [-0.39, 0.29) is 41.7 Å². The largest absolute Gasteiger partial charge is 0.511 e. The fourth-order valence-electron chi connectivity index (χ4n) is 2.95. The van der Waals surface area contributed by atoms with Crippen LogP contribution in [0.25, 0.3) is 0 Å². The Hall–Kier alpha value is -1.56. The van der Waals surface area contributed by atoms with Gasteiger partial charge in [0.15, 0.2) is 11.6 Å². The van der Waals surface area contributed by atoms with E-state index >= 15 is 0 Å². The van der Waals surface area contributed by atoms with E-state index in [4.69, 9.17) is 0 Å². The van der Waals surface area contributed by atoms with E-state index in [0.717, 1.165) is 16.3 Å². The number of aliphatic hydroxyl groups excluding tert-OH is 1. The van der Waals surface area contributed by atoms with Gasteiger partial charge in [-0.3, -0.25) is 14.3 Å². The molecule has 0 bridgehead atoms. The molecule has 6 heteroatoms. The third kappa shape index (κ3) is 2.77. The maximum Gasteiger partial charge on any atom is 0.170 e. The van der Waals surface area contributed by atoms with Gasteiger partial charge in [0.2, 0.25) is 0 Å². The van der Waals surface area contributed by atoms with Gasteiger partial charge in [-0.1, -0.05) is 6.92 Å². The second-order valence-corrected chi connectivity index (χ2v) is 6.05. The molecule has 1 saturated carbocycles. The molecule has 114 valence electrons. The molecule has 1 fully saturated rings. The molecular weight excluding hydrogens is 288 g/mol. The van der Waals surface area contributed by atoms with Gasteiger partial charge in [-0.2, -0.15) is 5.10 Å². The maximum absolute atomic E-state index is 12.2. The van der Waals surface area contributed by atoms with Crippen molar-refractivity contribution >= 4 is 23.3 Å². The van der Waals surface area contributed by atoms with Gasteiger partial charge in [0.05, 0.1) is 16.3 Å². The summed E-state index contributed by atoms with van der Waals surface area (Å²) in [6.07, 6.45) is 2.77. The molecule has 1 heterocycles. The second-order valence-electron chi connectivity index (χ2n) is 5.26. The van der Waals surface area contributed by atoms with Crippen molar-refractivity contribution in [1.82, 2.24) is 9.78 Å². The lowest BCUT2D eigenvalue weighted by molar-refractivity contribution is -0.124. The van der Waals surface area contributed by atoms with Crippen molar-refractivity contribution in [3.05, 3.63) is 22.6 Å². The zero-order chi connectivity index (χ0) is 15.7. The van der Waals surface area contributed by atoms with Gasteiger partial charge in [0.25, 0.3) is 0 Å². The summed E-state index contributed by atoms with van der Waals surface area (Å²) >= 11 is 1.57. The van der Waals surface area contributed by atoms with Crippen LogP contribution in [-0.2, 0) is 16.6 Å². The van der Waals surface area contributed by atoms with Crippen LogP contribution < -0.4 is 0 Å². The fourth-order valence-corrected chi connectivity index (χ4v) is 3.79. The predicted molar refractivity (Wildman–Crippen MR) is 81.7 cm³/mol. The number of aryl methyl sites for hydroxylation is 2. The number of thioether (sulfide) groups is 1. The summed E-state index contributed by atoms with van der Waals surface area (Å²) < 4.78 is 1.79. The van der Waals surface area contributed by atoms with Gasteiger partial charge >= 0.3 is 0 Å². The van der Waals surface area contributed by atoms with Crippen molar-refractivity contribution in [2.24, 2.45) is 7.05 Å². The van der Waals surface area contributed by atoms with Crippen LogP contribution in [-0.4, -0.2) is 32.7 Å². The molecule has 0 unspecified atom stereocenters. The van der Waals surface area contributed by atoms with E-state index in [0.29, 0.717) is 6.42 Å². The maximum atomic E-state index is 12.2. The number of rotatable bonds is 3. The Morgan fingerprint density at radius 3 is 2.43 bits per heavy atom. The molecule has 1 N–H and O–H groups in total. The first-order valence-electron chi connectivity index (χ1n) is 6.96. The van der Waals surface area contributed by atoms with Crippen LogP contribution in [0.15, 0.2) is 16.4 Å². The highest BCUT2D eigenvalue weighted by molar-refractivity contribution is 7.98. The van der Waals surface area contributed by atoms with Crippen molar-refractivity contribution in [3.8, 4) is 0 Å². The number of hydrogen-bond donors (Lipinski definition) is 1. The Balaban J connectivity index is 2.39. The van der Waals surface area contributed by atoms with Crippen molar-refractivity contribution in [1.29, 1.82) is 0 Å². The van der Waals surface area contributed by atoms with Crippen LogP contribution in [0.3, 0.4) is 0 Å². The van der Waals surface area contributed by atoms with E-state index in [1.54, 1.807) is 23.4 Å². The monoisotopic (exact) mass is 308 g/mol. The average Bonchev–Trinajstić information content (AvgIpc) is 2.71. The first-order chi connectivity index (χ1) is 9.90. The zero-order valence-electron chi connectivity index (χ0n) is 12.8. The Labute approximate surface area is 128 Å². The lowest BCUT2D eigenvalue weighted by Gasteiger charge is -2.23. The third-order valence-corrected chi connectivity index (χ3v) is 4.73. The molecule has 0 saturated heterocycles. The minimum Gasteiger partial charge on any atom is -0.511 e. The highest BCUT2D eigenvalue weighted by atomic mass is 32.2. The molecule has 21 heavy (non-hydrogen) atoms. The topological polar surface area (TPSA) is 72.2 Å². The molecule has 0 atom stereocenters. The first-order valence-corrected chi connectivity index (χ1v) is 8.19. The molecule has 2 rings (SSSR count). The zero-order valence-corrected chi connectivity index (χ0v) is 13.6. The quantitative estimate of drug-likeness (QED) is 0.402. The predicted octanol–water partition coefficient (Wildman–Crippen LogP) is 2.69. The van der Waals surface area contributed by atoms with Gasteiger partial charge in [-0.25, -0.2) is 0 Å². The summed E-state index contributed by atoms with van der Waals surface area (Å²) in [6, 6.07) is 0. The molecule has 1 aliphatic rings. The molecule has 0 spiro atoms. The van der Waals surface area contributed by atoms with Crippen molar-refractivity contribution in [3.63, 3.8) is 0 Å². The van der Waals surface area contributed by atoms with Crippen LogP contribution in [0.4, 0.5) is 0 Å². The molecule has 0 aliphatic heterocycles. The minimum atomic E-state index is -0.258. The van der Waals surface area contributed by atoms with Crippen molar-refractivity contribution in [2.45, 2.75) is 44.1 Å². The normalized spacial score (nSPS) is 19.2. The molecule has 1 aliphatic carbocycles. The van der Waals surface area contributed by atoms with E-state index in [2.05, 4.69) is 5.10 Å². The molecule has 0 radical (unpaired) electrons. The number of aromatic nitrogens is 2. The summed E-state index contributed by atoms with van der Waals surface area (Å²) in [6.45, 7) is 3.63. The number of ketones is 2. The van der Waals surface area contributed by atoms with Crippen molar-refractivity contribution in [2.75, 3.05) is 6.26 Å². The number of nitrogens with zero attached hydrogens (tertiary/aromatic N) is 2. The van der Waals surface area contributed by atoms with Crippen LogP contribution in [0, 0.1) is 6.92 Å². The minimum absolute atomic E-state index is 0.000921. The van der Waals surface area contributed by atoms with Gasteiger partial charge in [-0.15, -0.1) is 11.8 Å². The highest BCUT2D eigenvalue weighted by Crippen LogP contribution is 2.38. The Morgan fingerprint density at radius 1 is 1.38 bits per heavy atom. The van der Waals surface area contributed by atoms with Gasteiger partial charge in [-0.05, 0) is 13.2 Å². The average molecular weight is 308 g/mol. The molecule has 5 nitrogen and oxygen atoms in total. The van der Waals surface area contributed by atoms with Gasteiger partial charge in [0, 0.05) is 37.8 Å². The Morgan fingerprint density at radius 2 is 1.95 bits per heavy atom. The standard InChI is InChI=1S/C15H20N2O3S/c1-5-10(18)14-11(19)6-9(7-12(14)20)13-8(2)16-17(3)15(13)21-4/h9,18H,5-7H2,1-4H3. The number of allylic oxidation sites excluding steroid dienone is 2. The summed E-state index contributed by atoms with van der Waals surface area (Å²) in [4.78, 5) is 24.5. The molecular formula is C15H20N2O3S. The van der Waals surface area contributed by atoms with Crippen molar-refractivity contribution < 1.29 is 14.7 Å². The second kappa shape index (κ2) is 6.05. The highest BCUT2D eigenvalue weighted by Gasteiger charge is 2.36. The Bertz CT molecular complexity index is 611. The molecule has 0 amide bonds. The third-order valence-electron chi connectivity index (χ3n) is 3.86. The van der Waals surface area contributed by atoms with Crippen LogP contribution in [0.1, 0.15) is 43.4 Å². The molecule has 1 aromatic rings. The fraction of sp³-hybridized carbons (Fsp3) is 0.533. The summed E-state index contributed by atoms with van der Waals surface area (Å²) in [5.41, 5.74) is 1.85. The number of Topliss-reactive ketones (excluding diaryl/α,β-unsaturated/α-hetero) is 2. The lowest BCUT2D eigenvalue weighted by Crippen LogP contribution is -2.26. The van der Waals surface area contributed by atoms with E-state index < -0.39 is 0 Å². The number of aliphatic hydroxyl groups is 1. The van der Waals surface area contributed by atoms with Gasteiger partial charge < -0.3 is 5.11 Å². The molecule has 0 aromatic carbocycles. The summed E-state index contributed by atoms with van der Waals surface area (Å²) in [5.74, 6) is -0.747. The first kappa shape index (κ1) is 15.8. The number of carbonyl (C=O) groups is 2. The summed E-state index contributed by atoms with van der Waals surface area (Å²) in [7, 11) is 1.86. The smallest absolute Gasteiger partial charge is 0.170 e. The number of hydrogen-bond acceptors (Lipinski definition) is 5.